The lowest BCUT2D eigenvalue weighted by Gasteiger charge is -2.33. The fourth-order valence-electron chi connectivity index (χ4n) is 4.43. The predicted octanol–water partition coefficient (Wildman–Crippen LogP) is 4.04. The molecule has 1 heterocycles. The lowest BCUT2D eigenvalue weighted by Crippen LogP contribution is -2.35. The Labute approximate surface area is 129 Å². The zero-order valence-corrected chi connectivity index (χ0v) is 13.6. The molecular weight excluding hydrogens is 256 g/mol. The topological polar surface area (TPSA) is 29.3 Å². The molecule has 0 bridgehead atoms. The molecule has 2 atom stereocenters. The van der Waals surface area contributed by atoms with Gasteiger partial charge in [0, 0.05) is 24.3 Å². The molecule has 2 unspecified atom stereocenters. The molecule has 1 saturated carbocycles. The van der Waals surface area contributed by atoms with Gasteiger partial charge in [-0.15, -0.1) is 0 Å². The quantitative estimate of drug-likeness (QED) is 0.905. The van der Waals surface area contributed by atoms with Crippen molar-refractivity contribution in [2.75, 3.05) is 11.4 Å². The summed E-state index contributed by atoms with van der Waals surface area (Å²) < 4.78 is 0. The summed E-state index contributed by atoms with van der Waals surface area (Å²) in [5, 5.41) is 0. The van der Waals surface area contributed by atoms with Crippen molar-refractivity contribution in [1.82, 2.24) is 0 Å². The van der Waals surface area contributed by atoms with Crippen LogP contribution in [0.5, 0.6) is 0 Å². The van der Waals surface area contributed by atoms with Crippen molar-refractivity contribution in [3.63, 3.8) is 0 Å². The molecule has 1 aromatic carbocycles. The van der Waals surface area contributed by atoms with Gasteiger partial charge in [0.2, 0.25) is 0 Å². The third kappa shape index (κ3) is 3.26. The molecule has 2 nitrogen and oxygen atoms in total. The van der Waals surface area contributed by atoms with E-state index in [2.05, 4.69) is 36.9 Å². The molecule has 1 saturated heterocycles. The molecule has 0 radical (unpaired) electrons. The molecule has 1 aromatic rings. The number of rotatable bonds is 4. The molecule has 2 aliphatic rings. The van der Waals surface area contributed by atoms with E-state index in [0.717, 1.165) is 18.4 Å². The summed E-state index contributed by atoms with van der Waals surface area (Å²) >= 11 is 0. The monoisotopic (exact) mass is 286 g/mol. The average Bonchev–Trinajstić information content (AvgIpc) is 3.08. The molecule has 0 spiro atoms. The normalized spacial score (nSPS) is 24.7. The van der Waals surface area contributed by atoms with Crippen LogP contribution >= 0.6 is 0 Å². The molecule has 0 amide bonds. The molecule has 0 aromatic heterocycles. The van der Waals surface area contributed by atoms with Gasteiger partial charge in [-0.25, -0.2) is 0 Å². The van der Waals surface area contributed by atoms with Gasteiger partial charge in [-0.1, -0.05) is 30.5 Å². The Morgan fingerprint density at radius 3 is 2.67 bits per heavy atom. The van der Waals surface area contributed by atoms with Crippen LogP contribution in [0.3, 0.4) is 0 Å². The third-order valence-corrected chi connectivity index (χ3v) is 5.33. The lowest BCUT2D eigenvalue weighted by atomic mass is 9.94. The minimum atomic E-state index is 0.234. The number of benzene rings is 1. The van der Waals surface area contributed by atoms with Gasteiger partial charge in [-0.3, -0.25) is 0 Å². The van der Waals surface area contributed by atoms with E-state index in [1.165, 1.54) is 61.9 Å². The highest BCUT2D eigenvalue weighted by atomic mass is 15.2. The zero-order chi connectivity index (χ0) is 14.8. The predicted molar refractivity (Wildman–Crippen MR) is 90.9 cm³/mol. The van der Waals surface area contributed by atoms with Gasteiger partial charge >= 0.3 is 0 Å². The van der Waals surface area contributed by atoms with Crippen LogP contribution in [0, 0.1) is 12.8 Å². The van der Waals surface area contributed by atoms with Crippen LogP contribution in [0.15, 0.2) is 18.2 Å². The Morgan fingerprint density at radius 1 is 1.19 bits per heavy atom. The van der Waals surface area contributed by atoms with E-state index in [1.54, 1.807) is 0 Å². The van der Waals surface area contributed by atoms with Gasteiger partial charge in [0.1, 0.15) is 0 Å². The van der Waals surface area contributed by atoms with Crippen molar-refractivity contribution < 1.29 is 0 Å². The summed E-state index contributed by atoms with van der Waals surface area (Å²) in [6.45, 7) is 5.54. The molecule has 21 heavy (non-hydrogen) atoms. The molecular formula is C19H30N2. The second kappa shape index (κ2) is 6.39. The van der Waals surface area contributed by atoms with Crippen LogP contribution in [0.2, 0.25) is 0 Å². The fourth-order valence-corrected chi connectivity index (χ4v) is 4.43. The first kappa shape index (κ1) is 14.9. The Hall–Kier alpha value is -1.02. The number of aryl methyl sites for hydroxylation is 1. The number of nitrogens with zero attached hydrogens (tertiary/aromatic N) is 1. The maximum Gasteiger partial charge on any atom is 0.0402 e. The molecule has 2 N–H and O–H groups in total. The van der Waals surface area contributed by atoms with Crippen molar-refractivity contribution in [1.29, 1.82) is 0 Å². The van der Waals surface area contributed by atoms with E-state index in [-0.39, 0.29) is 6.04 Å². The summed E-state index contributed by atoms with van der Waals surface area (Å²) in [6.07, 6.45) is 9.49. The third-order valence-electron chi connectivity index (χ3n) is 5.33. The number of hydrogen-bond acceptors (Lipinski definition) is 2. The lowest BCUT2D eigenvalue weighted by molar-refractivity contribution is 0.430. The van der Waals surface area contributed by atoms with Crippen LogP contribution in [0.25, 0.3) is 0 Å². The Morgan fingerprint density at radius 2 is 1.95 bits per heavy atom. The summed E-state index contributed by atoms with van der Waals surface area (Å²) in [5.74, 6) is 0.928. The molecule has 3 rings (SSSR count). The van der Waals surface area contributed by atoms with Crippen molar-refractivity contribution in [3.05, 3.63) is 29.3 Å². The minimum absolute atomic E-state index is 0.234. The molecule has 2 heteroatoms. The van der Waals surface area contributed by atoms with E-state index >= 15 is 0 Å². The average molecular weight is 286 g/mol. The molecule has 1 aliphatic heterocycles. The van der Waals surface area contributed by atoms with Gasteiger partial charge < -0.3 is 10.6 Å². The van der Waals surface area contributed by atoms with Crippen LogP contribution in [0.1, 0.15) is 56.6 Å². The Balaban J connectivity index is 1.87. The number of anilines is 1. The van der Waals surface area contributed by atoms with Gasteiger partial charge in [0.25, 0.3) is 0 Å². The maximum absolute atomic E-state index is 6.08. The smallest absolute Gasteiger partial charge is 0.0402 e. The van der Waals surface area contributed by atoms with E-state index in [1.807, 2.05) is 0 Å². The number of hydrogen-bond donors (Lipinski definition) is 1. The van der Waals surface area contributed by atoms with Crippen LogP contribution in [0.4, 0.5) is 5.69 Å². The summed E-state index contributed by atoms with van der Waals surface area (Å²) in [4.78, 5) is 2.72. The molecule has 2 fully saturated rings. The van der Waals surface area contributed by atoms with Gasteiger partial charge in [0.15, 0.2) is 0 Å². The van der Waals surface area contributed by atoms with Gasteiger partial charge in [0.05, 0.1) is 0 Å². The van der Waals surface area contributed by atoms with Gasteiger partial charge in [-0.2, -0.15) is 0 Å². The van der Waals surface area contributed by atoms with Crippen LogP contribution in [-0.4, -0.2) is 18.6 Å². The highest BCUT2D eigenvalue weighted by molar-refractivity contribution is 5.57. The van der Waals surface area contributed by atoms with Crippen molar-refractivity contribution in [2.24, 2.45) is 11.7 Å². The fraction of sp³-hybridized carbons (Fsp3) is 0.684. The van der Waals surface area contributed by atoms with Gasteiger partial charge in [-0.05, 0) is 63.5 Å². The SMILES string of the molecule is Cc1ccc(N2CCCC2C2CCCC2)c(CC(C)N)c1. The highest BCUT2D eigenvalue weighted by Gasteiger charge is 2.34. The maximum atomic E-state index is 6.08. The van der Waals surface area contributed by atoms with Crippen LogP contribution < -0.4 is 10.6 Å². The molecule has 1 aliphatic carbocycles. The zero-order valence-electron chi connectivity index (χ0n) is 13.6. The van der Waals surface area contributed by atoms with Crippen molar-refractivity contribution in [2.45, 2.75) is 70.9 Å². The standard InChI is InChI=1S/C19H30N2/c1-14-9-10-19(17(12-14)13-15(2)20)21-11-5-8-18(21)16-6-3-4-7-16/h9-10,12,15-16,18H,3-8,11,13,20H2,1-2H3. The highest BCUT2D eigenvalue weighted by Crippen LogP contribution is 2.39. The van der Waals surface area contributed by atoms with E-state index < -0.39 is 0 Å². The minimum Gasteiger partial charge on any atom is -0.368 e. The summed E-state index contributed by atoms with van der Waals surface area (Å²) in [6, 6.07) is 7.98. The first-order valence-corrected chi connectivity index (χ1v) is 8.77. The van der Waals surface area contributed by atoms with Crippen LogP contribution in [-0.2, 0) is 6.42 Å². The second-order valence-electron chi connectivity index (χ2n) is 7.26. The van der Waals surface area contributed by atoms with E-state index in [4.69, 9.17) is 5.73 Å². The number of nitrogens with two attached hydrogens (primary N) is 1. The van der Waals surface area contributed by atoms with Crippen molar-refractivity contribution >= 4 is 5.69 Å². The first-order chi connectivity index (χ1) is 10.1. The largest absolute Gasteiger partial charge is 0.368 e. The molecule has 116 valence electrons. The second-order valence-corrected chi connectivity index (χ2v) is 7.26. The van der Waals surface area contributed by atoms with Crippen molar-refractivity contribution in [3.8, 4) is 0 Å². The van der Waals surface area contributed by atoms with E-state index in [9.17, 15) is 0 Å². The Bertz CT molecular complexity index is 474. The summed E-state index contributed by atoms with van der Waals surface area (Å²) in [5.41, 5.74) is 10.4. The first-order valence-electron chi connectivity index (χ1n) is 8.77. The van der Waals surface area contributed by atoms with E-state index in [0.29, 0.717) is 0 Å². The Kier molecular flexibility index (Phi) is 4.54. The summed E-state index contributed by atoms with van der Waals surface area (Å²) in [7, 11) is 0.